The molecule has 0 amide bonds. The Morgan fingerprint density at radius 1 is 1.35 bits per heavy atom. The Balaban J connectivity index is 2.82. The standard InChI is InChI=1S/C13H26N2O4S/c1-5-6-13(12(16)17)7-9-15(10-8-13)20(18,19)14(4)11(2)3/h11H,5-10H2,1-4H3,(H,16,17). The molecule has 0 atom stereocenters. The second-order valence-corrected chi connectivity index (χ2v) is 7.84. The summed E-state index contributed by atoms with van der Waals surface area (Å²) < 4.78 is 27.5. The lowest BCUT2D eigenvalue weighted by atomic mass is 9.75. The molecule has 1 fully saturated rings. The number of hydrogen-bond acceptors (Lipinski definition) is 3. The van der Waals surface area contributed by atoms with Crippen LogP contribution in [-0.2, 0) is 15.0 Å². The van der Waals surface area contributed by atoms with Gasteiger partial charge in [0.15, 0.2) is 0 Å². The highest BCUT2D eigenvalue weighted by molar-refractivity contribution is 7.86. The maximum atomic E-state index is 12.4. The fourth-order valence-corrected chi connectivity index (χ4v) is 4.18. The second kappa shape index (κ2) is 6.41. The van der Waals surface area contributed by atoms with E-state index in [9.17, 15) is 18.3 Å². The highest BCUT2D eigenvalue weighted by Crippen LogP contribution is 2.37. The van der Waals surface area contributed by atoms with Crippen molar-refractivity contribution >= 4 is 16.2 Å². The molecule has 118 valence electrons. The summed E-state index contributed by atoms with van der Waals surface area (Å²) in [6.07, 6.45) is 2.18. The largest absolute Gasteiger partial charge is 0.481 e. The Labute approximate surface area is 121 Å². The number of aliphatic carboxylic acids is 1. The molecule has 0 spiro atoms. The van der Waals surface area contributed by atoms with Gasteiger partial charge in [0, 0.05) is 26.2 Å². The summed E-state index contributed by atoms with van der Waals surface area (Å²) >= 11 is 0. The van der Waals surface area contributed by atoms with Gasteiger partial charge in [-0.25, -0.2) is 0 Å². The predicted octanol–water partition coefficient (Wildman–Crippen LogP) is 1.54. The number of carboxylic acids is 1. The molecule has 1 saturated heterocycles. The molecule has 0 aromatic rings. The summed E-state index contributed by atoms with van der Waals surface area (Å²) in [6.45, 7) is 6.16. The molecule has 20 heavy (non-hydrogen) atoms. The molecular weight excluding hydrogens is 280 g/mol. The Morgan fingerprint density at radius 2 is 1.85 bits per heavy atom. The first-order valence-electron chi connectivity index (χ1n) is 7.14. The van der Waals surface area contributed by atoms with Crippen LogP contribution >= 0.6 is 0 Å². The zero-order chi connectivity index (χ0) is 15.6. The van der Waals surface area contributed by atoms with Gasteiger partial charge in [0.05, 0.1) is 5.41 Å². The Bertz CT molecular complexity index is 439. The summed E-state index contributed by atoms with van der Waals surface area (Å²) in [5.74, 6) is -0.798. The van der Waals surface area contributed by atoms with E-state index in [1.165, 1.54) is 8.61 Å². The number of carbonyl (C=O) groups is 1. The Morgan fingerprint density at radius 3 is 2.20 bits per heavy atom. The molecule has 1 rings (SSSR count). The van der Waals surface area contributed by atoms with Crippen LogP contribution in [0.1, 0.15) is 46.5 Å². The van der Waals surface area contributed by atoms with E-state index < -0.39 is 21.6 Å². The molecule has 0 bridgehead atoms. The van der Waals surface area contributed by atoms with Gasteiger partial charge in [-0.1, -0.05) is 13.3 Å². The van der Waals surface area contributed by atoms with Gasteiger partial charge in [0.1, 0.15) is 0 Å². The Kier molecular flexibility index (Phi) is 5.57. The molecule has 1 N–H and O–H groups in total. The van der Waals surface area contributed by atoms with E-state index in [1.807, 2.05) is 20.8 Å². The summed E-state index contributed by atoms with van der Waals surface area (Å²) in [4.78, 5) is 11.5. The van der Waals surface area contributed by atoms with Crippen molar-refractivity contribution in [2.75, 3.05) is 20.1 Å². The molecule has 1 aliphatic rings. The molecular formula is C13H26N2O4S. The van der Waals surface area contributed by atoms with Gasteiger partial charge in [-0.15, -0.1) is 0 Å². The van der Waals surface area contributed by atoms with Gasteiger partial charge in [0.2, 0.25) is 0 Å². The summed E-state index contributed by atoms with van der Waals surface area (Å²) in [6, 6.07) is -0.109. The van der Waals surface area contributed by atoms with E-state index in [-0.39, 0.29) is 19.1 Å². The van der Waals surface area contributed by atoms with Crippen molar-refractivity contribution in [3.63, 3.8) is 0 Å². The number of rotatable bonds is 6. The first-order valence-corrected chi connectivity index (χ1v) is 8.53. The molecule has 0 unspecified atom stereocenters. The zero-order valence-corrected chi connectivity index (χ0v) is 13.6. The maximum Gasteiger partial charge on any atom is 0.309 e. The highest BCUT2D eigenvalue weighted by Gasteiger charge is 2.43. The van der Waals surface area contributed by atoms with Crippen LogP contribution in [0.4, 0.5) is 0 Å². The second-order valence-electron chi connectivity index (χ2n) is 5.85. The zero-order valence-electron chi connectivity index (χ0n) is 12.8. The van der Waals surface area contributed by atoms with E-state index in [2.05, 4.69) is 0 Å². The number of hydrogen-bond donors (Lipinski definition) is 1. The van der Waals surface area contributed by atoms with Gasteiger partial charge in [-0.05, 0) is 33.1 Å². The molecule has 1 heterocycles. The van der Waals surface area contributed by atoms with Crippen molar-refractivity contribution in [3.05, 3.63) is 0 Å². The first-order chi connectivity index (χ1) is 9.17. The van der Waals surface area contributed by atoms with Crippen molar-refractivity contribution in [2.45, 2.75) is 52.5 Å². The van der Waals surface area contributed by atoms with Crippen LogP contribution in [0.25, 0.3) is 0 Å². The minimum absolute atomic E-state index is 0.109. The average molecular weight is 306 g/mol. The number of piperidine rings is 1. The van der Waals surface area contributed by atoms with Crippen molar-refractivity contribution < 1.29 is 18.3 Å². The third-order valence-corrected chi connectivity index (χ3v) is 6.45. The average Bonchev–Trinajstić information content (AvgIpc) is 2.38. The molecule has 0 saturated carbocycles. The fourth-order valence-electron chi connectivity index (χ4n) is 2.64. The molecule has 0 aliphatic carbocycles. The van der Waals surface area contributed by atoms with Gasteiger partial charge < -0.3 is 5.11 Å². The quantitative estimate of drug-likeness (QED) is 0.807. The van der Waals surface area contributed by atoms with Crippen LogP contribution < -0.4 is 0 Å². The monoisotopic (exact) mass is 306 g/mol. The smallest absolute Gasteiger partial charge is 0.309 e. The van der Waals surface area contributed by atoms with Crippen molar-refractivity contribution in [2.24, 2.45) is 5.41 Å². The van der Waals surface area contributed by atoms with E-state index in [1.54, 1.807) is 7.05 Å². The maximum absolute atomic E-state index is 12.4. The topological polar surface area (TPSA) is 77.9 Å². The SMILES string of the molecule is CCCC1(C(=O)O)CCN(S(=O)(=O)N(C)C(C)C)CC1. The van der Waals surface area contributed by atoms with Crippen LogP contribution in [0.15, 0.2) is 0 Å². The molecule has 6 nitrogen and oxygen atoms in total. The van der Waals surface area contributed by atoms with Crippen molar-refractivity contribution in [1.82, 2.24) is 8.61 Å². The van der Waals surface area contributed by atoms with E-state index in [0.29, 0.717) is 19.3 Å². The third-order valence-electron chi connectivity index (χ3n) is 4.28. The molecule has 1 aliphatic heterocycles. The van der Waals surface area contributed by atoms with Crippen molar-refractivity contribution in [3.8, 4) is 0 Å². The van der Waals surface area contributed by atoms with Gasteiger partial charge in [-0.2, -0.15) is 17.0 Å². The lowest BCUT2D eigenvalue weighted by molar-refractivity contribution is -0.152. The van der Waals surface area contributed by atoms with Gasteiger partial charge in [0.25, 0.3) is 10.2 Å². The molecule has 0 aromatic heterocycles. The number of carboxylic acid groups (broad SMARTS) is 1. The lowest BCUT2D eigenvalue weighted by Crippen LogP contribution is -2.51. The predicted molar refractivity (Wildman–Crippen MR) is 77.6 cm³/mol. The summed E-state index contributed by atoms with van der Waals surface area (Å²) in [5.41, 5.74) is -0.753. The van der Waals surface area contributed by atoms with Crippen molar-refractivity contribution in [1.29, 1.82) is 0 Å². The van der Waals surface area contributed by atoms with Gasteiger partial charge >= 0.3 is 5.97 Å². The van der Waals surface area contributed by atoms with E-state index in [0.717, 1.165) is 6.42 Å². The summed E-state index contributed by atoms with van der Waals surface area (Å²) in [7, 11) is -1.92. The van der Waals surface area contributed by atoms with Gasteiger partial charge in [-0.3, -0.25) is 4.79 Å². The molecule has 7 heteroatoms. The highest BCUT2D eigenvalue weighted by atomic mass is 32.2. The van der Waals surface area contributed by atoms with Crippen LogP contribution in [0.3, 0.4) is 0 Å². The minimum atomic E-state index is -3.48. The minimum Gasteiger partial charge on any atom is -0.481 e. The lowest BCUT2D eigenvalue weighted by Gasteiger charge is -2.39. The normalized spacial score (nSPS) is 20.5. The third kappa shape index (κ3) is 3.32. The van der Waals surface area contributed by atoms with Crippen LogP contribution in [-0.4, -0.2) is 54.3 Å². The van der Waals surface area contributed by atoms with Crippen LogP contribution in [0.5, 0.6) is 0 Å². The molecule has 0 aromatic carbocycles. The molecule has 0 radical (unpaired) electrons. The van der Waals surface area contributed by atoms with Crippen LogP contribution in [0.2, 0.25) is 0 Å². The fraction of sp³-hybridized carbons (Fsp3) is 0.923. The summed E-state index contributed by atoms with van der Waals surface area (Å²) in [5, 5.41) is 9.43. The Hall–Kier alpha value is -0.660. The van der Waals surface area contributed by atoms with E-state index >= 15 is 0 Å². The van der Waals surface area contributed by atoms with Crippen LogP contribution in [0, 0.1) is 5.41 Å². The van der Waals surface area contributed by atoms with E-state index in [4.69, 9.17) is 0 Å². The first kappa shape index (κ1) is 17.4. The number of nitrogens with zero attached hydrogens (tertiary/aromatic N) is 2.